The molecule has 0 aromatic heterocycles. The van der Waals surface area contributed by atoms with Crippen molar-refractivity contribution in [2.45, 2.75) is 13.1 Å². The Morgan fingerprint density at radius 1 is 1.00 bits per heavy atom. The van der Waals surface area contributed by atoms with Gasteiger partial charge in [0.05, 0.1) is 6.54 Å². The number of halogens is 2. The third-order valence-electron chi connectivity index (χ3n) is 3.52. The molecule has 1 aliphatic rings. The molecule has 20 heavy (non-hydrogen) atoms. The van der Waals surface area contributed by atoms with Crippen molar-refractivity contribution in [3.05, 3.63) is 70.8 Å². The minimum atomic E-state index is -0.986. The molecule has 0 N–H and O–H groups in total. The van der Waals surface area contributed by atoms with Gasteiger partial charge in [0, 0.05) is 18.7 Å². The smallest absolute Gasteiger partial charge is 0.176 e. The monoisotopic (exact) mass is 273 g/mol. The molecule has 0 aliphatic carbocycles. The van der Waals surface area contributed by atoms with Crippen molar-refractivity contribution < 1.29 is 13.6 Å². The average molecular weight is 273 g/mol. The first-order chi connectivity index (χ1) is 9.63. The molecule has 2 aromatic rings. The first-order valence-corrected chi connectivity index (χ1v) is 6.41. The Hall–Kier alpha value is -2.07. The van der Waals surface area contributed by atoms with Crippen molar-refractivity contribution in [1.29, 1.82) is 0 Å². The van der Waals surface area contributed by atoms with Crippen LogP contribution in [0.2, 0.25) is 0 Å². The highest BCUT2D eigenvalue weighted by atomic mass is 19.2. The summed E-state index contributed by atoms with van der Waals surface area (Å²) in [6, 6.07) is 11.3. The molecule has 0 amide bonds. The maximum Gasteiger partial charge on any atom is 0.176 e. The third-order valence-corrected chi connectivity index (χ3v) is 3.52. The average Bonchev–Trinajstić information content (AvgIpc) is 2.83. The lowest BCUT2D eigenvalue weighted by atomic mass is 10.1. The van der Waals surface area contributed by atoms with Crippen molar-refractivity contribution in [1.82, 2.24) is 4.90 Å². The minimum absolute atomic E-state index is 0.197. The largest absolute Gasteiger partial charge is 0.293 e. The van der Waals surface area contributed by atoms with Crippen molar-refractivity contribution in [3.8, 4) is 0 Å². The van der Waals surface area contributed by atoms with Gasteiger partial charge in [-0.25, -0.2) is 8.78 Å². The van der Waals surface area contributed by atoms with Crippen LogP contribution in [-0.2, 0) is 13.1 Å². The number of carbonyl (C=O) groups is 1. The number of rotatable bonds is 3. The quantitative estimate of drug-likeness (QED) is 0.801. The predicted molar refractivity (Wildman–Crippen MR) is 71.2 cm³/mol. The SMILES string of the molecule is O=C(CN1Cc2ccccc2C1)c1ccc(F)c(F)c1. The summed E-state index contributed by atoms with van der Waals surface area (Å²) in [4.78, 5) is 14.1. The topological polar surface area (TPSA) is 20.3 Å². The molecule has 0 unspecified atom stereocenters. The molecule has 0 spiro atoms. The molecule has 0 bridgehead atoms. The van der Waals surface area contributed by atoms with Gasteiger partial charge in [-0.2, -0.15) is 0 Å². The van der Waals surface area contributed by atoms with Crippen LogP contribution in [-0.4, -0.2) is 17.2 Å². The molecule has 0 fully saturated rings. The van der Waals surface area contributed by atoms with Gasteiger partial charge in [0.2, 0.25) is 0 Å². The zero-order valence-electron chi connectivity index (χ0n) is 10.8. The fourth-order valence-electron chi connectivity index (χ4n) is 2.48. The van der Waals surface area contributed by atoms with Crippen molar-refractivity contribution in [3.63, 3.8) is 0 Å². The zero-order valence-corrected chi connectivity index (χ0v) is 10.8. The Balaban J connectivity index is 1.70. The second kappa shape index (κ2) is 5.13. The first-order valence-electron chi connectivity index (χ1n) is 6.41. The number of nitrogens with zero attached hydrogens (tertiary/aromatic N) is 1. The van der Waals surface area contributed by atoms with E-state index in [-0.39, 0.29) is 17.9 Å². The van der Waals surface area contributed by atoms with Crippen LogP contribution in [0.3, 0.4) is 0 Å². The summed E-state index contributed by atoms with van der Waals surface area (Å²) in [5, 5.41) is 0. The maximum absolute atomic E-state index is 13.1. The second-order valence-corrected chi connectivity index (χ2v) is 4.97. The van der Waals surface area contributed by atoms with E-state index in [1.807, 2.05) is 29.2 Å². The number of benzene rings is 2. The number of hydrogen-bond donors (Lipinski definition) is 0. The lowest BCUT2D eigenvalue weighted by molar-refractivity contribution is 0.0929. The van der Waals surface area contributed by atoms with Crippen LogP contribution >= 0.6 is 0 Å². The molecule has 0 atom stereocenters. The molecule has 0 saturated carbocycles. The van der Waals surface area contributed by atoms with E-state index in [4.69, 9.17) is 0 Å². The normalized spacial score (nSPS) is 14.3. The number of carbonyl (C=O) groups excluding carboxylic acids is 1. The fourth-order valence-corrected chi connectivity index (χ4v) is 2.48. The molecule has 2 nitrogen and oxygen atoms in total. The fraction of sp³-hybridized carbons (Fsp3) is 0.188. The van der Waals surface area contributed by atoms with Gasteiger partial charge in [0.15, 0.2) is 17.4 Å². The van der Waals surface area contributed by atoms with Crippen molar-refractivity contribution >= 4 is 5.78 Å². The van der Waals surface area contributed by atoms with Crippen LogP contribution in [0.5, 0.6) is 0 Å². The molecule has 0 saturated heterocycles. The Labute approximate surface area is 115 Å². The van der Waals surface area contributed by atoms with Gasteiger partial charge in [0.1, 0.15) is 0 Å². The summed E-state index contributed by atoms with van der Waals surface area (Å²) in [6.07, 6.45) is 0. The summed E-state index contributed by atoms with van der Waals surface area (Å²) in [5.41, 5.74) is 2.64. The molecule has 1 aliphatic heterocycles. The van der Waals surface area contributed by atoms with Gasteiger partial charge >= 0.3 is 0 Å². The highest BCUT2D eigenvalue weighted by Crippen LogP contribution is 2.22. The van der Waals surface area contributed by atoms with Gasteiger partial charge in [0.25, 0.3) is 0 Å². The van der Waals surface area contributed by atoms with E-state index in [2.05, 4.69) is 0 Å². The van der Waals surface area contributed by atoms with E-state index >= 15 is 0 Å². The summed E-state index contributed by atoms with van der Waals surface area (Å²) in [7, 11) is 0. The van der Waals surface area contributed by atoms with Gasteiger partial charge < -0.3 is 0 Å². The summed E-state index contributed by atoms with van der Waals surface area (Å²) in [5.74, 6) is -2.12. The van der Waals surface area contributed by atoms with Crippen LogP contribution in [0.4, 0.5) is 8.78 Å². The Kier molecular flexibility index (Phi) is 3.32. The van der Waals surface area contributed by atoms with Gasteiger partial charge in [-0.3, -0.25) is 9.69 Å². The van der Waals surface area contributed by atoms with Crippen LogP contribution < -0.4 is 0 Å². The van der Waals surface area contributed by atoms with Crippen molar-refractivity contribution in [2.75, 3.05) is 6.54 Å². The lowest BCUT2D eigenvalue weighted by Gasteiger charge is -2.13. The molecule has 102 valence electrons. The Morgan fingerprint density at radius 2 is 1.65 bits per heavy atom. The molecule has 1 heterocycles. The van der Waals surface area contributed by atoms with E-state index in [9.17, 15) is 13.6 Å². The molecular weight excluding hydrogens is 260 g/mol. The molecular formula is C16H13F2NO. The number of fused-ring (bicyclic) bond motifs is 1. The molecule has 4 heteroatoms. The van der Waals surface area contributed by atoms with Gasteiger partial charge in [-0.1, -0.05) is 24.3 Å². The van der Waals surface area contributed by atoms with Crippen LogP contribution in [0.25, 0.3) is 0 Å². The highest BCUT2D eigenvalue weighted by Gasteiger charge is 2.21. The minimum Gasteiger partial charge on any atom is -0.293 e. The van der Waals surface area contributed by atoms with Crippen molar-refractivity contribution in [2.24, 2.45) is 0 Å². The zero-order chi connectivity index (χ0) is 14.1. The summed E-state index contributed by atoms with van der Waals surface area (Å²) >= 11 is 0. The standard InChI is InChI=1S/C16H13F2NO/c17-14-6-5-11(7-15(14)18)16(20)10-19-8-12-3-1-2-4-13(12)9-19/h1-7H,8-10H2. The Morgan fingerprint density at radius 3 is 2.25 bits per heavy atom. The van der Waals surface area contributed by atoms with E-state index in [1.165, 1.54) is 17.2 Å². The maximum atomic E-state index is 13.1. The summed E-state index contributed by atoms with van der Waals surface area (Å²) in [6.45, 7) is 1.64. The van der Waals surface area contributed by atoms with E-state index < -0.39 is 11.6 Å². The number of Topliss-reactive ketones (excluding diaryl/α,β-unsaturated/α-hetero) is 1. The van der Waals surface area contributed by atoms with Crippen LogP contribution in [0, 0.1) is 11.6 Å². The lowest BCUT2D eigenvalue weighted by Crippen LogP contribution is -2.24. The molecule has 0 radical (unpaired) electrons. The number of hydrogen-bond acceptors (Lipinski definition) is 2. The van der Waals surface area contributed by atoms with Gasteiger partial charge in [-0.15, -0.1) is 0 Å². The predicted octanol–water partition coefficient (Wildman–Crippen LogP) is 3.16. The van der Waals surface area contributed by atoms with E-state index in [0.717, 1.165) is 12.1 Å². The first kappa shape index (κ1) is 12.9. The molecule has 3 rings (SSSR count). The summed E-state index contributed by atoms with van der Waals surface area (Å²) < 4.78 is 26.0. The second-order valence-electron chi connectivity index (χ2n) is 4.97. The van der Waals surface area contributed by atoms with E-state index in [1.54, 1.807) is 0 Å². The van der Waals surface area contributed by atoms with Crippen LogP contribution in [0.15, 0.2) is 42.5 Å². The number of ketones is 1. The van der Waals surface area contributed by atoms with E-state index in [0.29, 0.717) is 13.1 Å². The highest BCUT2D eigenvalue weighted by molar-refractivity contribution is 5.97. The third kappa shape index (κ3) is 2.47. The van der Waals surface area contributed by atoms with Crippen LogP contribution in [0.1, 0.15) is 21.5 Å². The Bertz CT molecular complexity index is 644. The molecule has 2 aromatic carbocycles. The van der Waals surface area contributed by atoms with Gasteiger partial charge in [-0.05, 0) is 29.3 Å².